The van der Waals surface area contributed by atoms with E-state index in [9.17, 15) is 9.90 Å². The van der Waals surface area contributed by atoms with Crippen molar-refractivity contribution >= 4 is 17.5 Å². The maximum Gasteiger partial charge on any atom is 0.227 e. The van der Waals surface area contributed by atoms with Crippen LogP contribution in [0.25, 0.3) is 5.69 Å². The van der Waals surface area contributed by atoms with Gasteiger partial charge in [-0.05, 0) is 44.5 Å². The van der Waals surface area contributed by atoms with Gasteiger partial charge < -0.3 is 10.0 Å². The second-order valence-electron chi connectivity index (χ2n) is 6.00. The Labute approximate surface area is 140 Å². The van der Waals surface area contributed by atoms with E-state index in [4.69, 9.17) is 11.6 Å². The number of carbonyl (C=O) groups is 1. The number of aromatic nitrogens is 2. The van der Waals surface area contributed by atoms with Gasteiger partial charge in [-0.15, -0.1) is 0 Å². The maximum atomic E-state index is 12.4. The van der Waals surface area contributed by atoms with Crippen LogP contribution in [0.3, 0.4) is 0 Å². The maximum absolute atomic E-state index is 12.4. The molecule has 1 aliphatic rings. The van der Waals surface area contributed by atoms with Gasteiger partial charge in [0.2, 0.25) is 5.91 Å². The zero-order valence-electron chi connectivity index (χ0n) is 13.3. The third-order valence-corrected chi connectivity index (χ3v) is 4.61. The van der Waals surface area contributed by atoms with Crippen LogP contribution in [-0.2, 0) is 11.2 Å². The highest BCUT2D eigenvalue weighted by molar-refractivity contribution is 6.30. The van der Waals surface area contributed by atoms with E-state index in [0.717, 1.165) is 22.6 Å². The first kappa shape index (κ1) is 16.0. The Bertz CT molecular complexity index is 724. The van der Waals surface area contributed by atoms with Crippen LogP contribution in [0.15, 0.2) is 24.3 Å². The Balaban J connectivity index is 1.83. The van der Waals surface area contributed by atoms with Crippen molar-refractivity contribution in [3.05, 3.63) is 46.2 Å². The van der Waals surface area contributed by atoms with E-state index in [0.29, 0.717) is 31.0 Å². The van der Waals surface area contributed by atoms with Crippen molar-refractivity contribution in [2.24, 2.45) is 0 Å². The molecule has 122 valence electrons. The number of carbonyl (C=O) groups excluding carboxylic acids is 1. The minimum Gasteiger partial charge on any atom is -0.391 e. The summed E-state index contributed by atoms with van der Waals surface area (Å²) in [6.45, 7) is 4.95. The molecular formula is C17H20ClN3O2. The molecule has 6 heteroatoms. The van der Waals surface area contributed by atoms with Gasteiger partial charge in [-0.2, -0.15) is 5.10 Å². The fourth-order valence-corrected chi connectivity index (χ4v) is 3.12. The number of nitrogens with zero attached hydrogens (tertiary/aromatic N) is 3. The first-order valence-corrected chi connectivity index (χ1v) is 8.10. The zero-order chi connectivity index (χ0) is 16.6. The average Bonchev–Trinajstić information content (AvgIpc) is 3.07. The lowest BCUT2D eigenvalue weighted by molar-refractivity contribution is -0.129. The molecule has 2 heterocycles. The largest absolute Gasteiger partial charge is 0.391 e. The third kappa shape index (κ3) is 3.26. The van der Waals surface area contributed by atoms with E-state index in [1.807, 2.05) is 42.8 Å². The van der Waals surface area contributed by atoms with Gasteiger partial charge in [-0.1, -0.05) is 11.6 Å². The van der Waals surface area contributed by atoms with Gasteiger partial charge >= 0.3 is 0 Å². The topological polar surface area (TPSA) is 58.4 Å². The molecule has 0 radical (unpaired) electrons. The fourth-order valence-electron chi connectivity index (χ4n) is 3.00. The lowest BCUT2D eigenvalue weighted by Crippen LogP contribution is -2.31. The number of aliphatic hydroxyl groups excluding tert-OH is 1. The molecule has 1 fully saturated rings. The predicted molar refractivity (Wildman–Crippen MR) is 89.0 cm³/mol. The summed E-state index contributed by atoms with van der Waals surface area (Å²) in [6, 6.07) is 7.46. The van der Waals surface area contributed by atoms with Gasteiger partial charge in [0.05, 0.1) is 23.9 Å². The number of likely N-dealkylation sites (tertiary alicyclic amines) is 1. The molecule has 0 saturated carbocycles. The van der Waals surface area contributed by atoms with Crippen LogP contribution < -0.4 is 0 Å². The molecule has 0 unspecified atom stereocenters. The van der Waals surface area contributed by atoms with Gasteiger partial charge in [-0.3, -0.25) is 4.79 Å². The number of hydrogen-bond donors (Lipinski definition) is 1. The summed E-state index contributed by atoms with van der Waals surface area (Å²) < 4.78 is 1.84. The highest BCUT2D eigenvalue weighted by Gasteiger charge is 2.26. The van der Waals surface area contributed by atoms with Crippen molar-refractivity contribution < 1.29 is 9.90 Å². The van der Waals surface area contributed by atoms with E-state index < -0.39 is 6.10 Å². The Morgan fingerprint density at radius 1 is 1.35 bits per heavy atom. The molecule has 1 N–H and O–H groups in total. The molecule has 1 aromatic heterocycles. The zero-order valence-corrected chi connectivity index (χ0v) is 14.0. The lowest BCUT2D eigenvalue weighted by Gasteiger charge is -2.15. The van der Waals surface area contributed by atoms with Gasteiger partial charge in [0, 0.05) is 29.4 Å². The van der Waals surface area contributed by atoms with Crippen molar-refractivity contribution in [2.45, 2.75) is 32.8 Å². The van der Waals surface area contributed by atoms with Crippen LogP contribution in [0.2, 0.25) is 5.02 Å². The van der Waals surface area contributed by atoms with Gasteiger partial charge in [0.15, 0.2) is 0 Å². The van der Waals surface area contributed by atoms with Gasteiger partial charge in [-0.25, -0.2) is 4.68 Å². The Hall–Kier alpha value is -1.85. The molecule has 1 aromatic carbocycles. The van der Waals surface area contributed by atoms with Gasteiger partial charge in [0.25, 0.3) is 0 Å². The standard InChI is InChI=1S/C17H20ClN3O2/c1-11-16(9-17(23)20-8-7-15(22)10-20)12(2)21(19-11)14-5-3-13(18)4-6-14/h3-6,15,22H,7-10H2,1-2H3/t15-/m1/s1. The van der Waals surface area contributed by atoms with Crippen LogP contribution in [0.4, 0.5) is 0 Å². The molecule has 0 aliphatic carbocycles. The molecule has 1 atom stereocenters. The third-order valence-electron chi connectivity index (χ3n) is 4.36. The quantitative estimate of drug-likeness (QED) is 0.937. The minimum atomic E-state index is -0.391. The normalized spacial score (nSPS) is 17.7. The first-order valence-electron chi connectivity index (χ1n) is 7.72. The molecule has 3 rings (SSSR count). The van der Waals surface area contributed by atoms with Crippen LogP contribution in [0.1, 0.15) is 23.4 Å². The molecule has 0 bridgehead atoms. The molecule has 0 spiro atoms. The smallest absolute Gasteiger partial charge is 0.227 e. The molecule has 2 aromatic rings. The Morgan fingerprint density at radius 2 is 2.04 bits per heavy atom. The minimum absolute atomic E-state index is 0.0448. The van der Waals surface area contributed by atoms with E-state index in [-0.39, 0.29) is 5.91 Å². The number of amides is 1. The molecular weight excluding hydrogens is 314 g/mol. The SMILES string of the molecule is Cc1nn(-c2ccc(Cl)cc2)c(C)c1CC(=O)N1CC[C@@H](O)C1. The van der Waals surface area contributed by atoms with Crippen molar-refractivity contribution in [2.75, 3.05) is 13.1 Å². The molecule has 5 nitrogen and oxygen atoms in total. The monoisotopic (exact) mass is 333 g/mol. The Kier molecular flexibility index (Phi) is 4.41. The summed E-state index contributed by atoms with van der Waals surface area (Å²) in [5, 5.41) is 14.8. The van der Waals surface area contributed by atoms with Crippen LogP contribution in [0.5, 0.6) is 0 Å². The highest BCUT2D eigenvalue weighted by Crippen LogP contribution is 2.21. The summed E-state index contributed by atoms with van der Waals surface area (Å²) in [5.74, 6) is 0.0448. The number of hydrogen-bond acceptors (Lipinski definition) is 3. The van der Waals surface area contributed by atoms with Crippen LogP contribution >= 0.6 is 11.6 Å². The number of rotatable bonds is 3. The molecule has 1 amide bonds. The summed E-state index contributed by atoms with van der Waals surface area (Å²) in [4.78, 5) is 14.1. The van der Waals surface area contributed by atoms with Crippen LogP contribution in [0, 0.1) is 13.8 Å². The average molecular weight is 334 g/mol. The van der Waals surface area contributed by atoms with Crippen molar-refractivity contribution in [3.8, 4) is 5.69 Å². The number of benzene rings is 1. The lowest BCUT2D eigenvalue weighted by atomic mass is 10.1. The Morgan fingerprint density at radius 3 is 2.65 bits per heavy atom. The number of aryl methyl sites for hydroxylation is 1. The first-order chi connectivity index (χ1) is 11.0. The number of aliphatic hydroxyl groups is 1. The number of β-amino-alcohol motifs (C(OH)–C–C–N with tert-alkyl or cyclic N) is 1. The van der Waals surface area contributed by atoms with Gasteiger partial charge in [0.1, 0.15) is 0 Å². The second kappa shape index (κ2) is 6.34. The van der Waals surface area contributed by atoms with Crippen molar-refractivity contribution in [1.82, 2.24) is 14.7 Å². The highest BCUT2D eigenvalue weighted by atomic mass is 35.5. The molecule has 1 saturated heterocycles. The summed E-state index contributed by atoms with van der Waals surface area (Å²) in [6.07, 6.45) is 0.587. The summed E-state index contributed by atoms with van der Waals surface area (Å²) in [5.41, 5.74) is 3.68. The number of halogens is 1. The molecule has 1 aliphatic heterocycles. The van der Waals surface area contributed by atoms with E-state index >= 15 is 0 Å². The summed E-state index contributed by atoms with van der Waals surface area (Å²) >= 11 is 5.93. The molecule has 23 heavy (non-hydrogen) atoms. The van der Waals surface area contributed by atoms with E-state index in [1.165, 1.54) is 0 Å². The second-order valence-corrected chi connectivity index (χ2v) is 6.43. The summed E-state index contributed by atoms with van der Waals surface area (Å²) in [7, 11) is 0. The van der Waals surface area contributed by atoms with Crippen molar-refractivity contribution in [3.63, 3.8) is 0 Å². The van der Waals surface area contributed by atoms with Crippen LogP contribution in [-0.4, -0.2) is 44.9 Å². The van der Waals surface area contributed by atoms with E-state index in [1.54, 1.807) is 4.90 Å². The van der Waals surface area contributed by atoms with Crippen molar-refractivity contribution in [1.29, 1.82) is 0 Å². The fraction of sp³-hybridized carbons (Fsp3) is 0.412. The van der Waals surface area contributed by atoms with E-state index in [2.05, 4.69) is 5.10 Å². The predicted octanol–water partition coefficient (Wildman–Crippen LogP) is 2.28.